The van der Waals surface area contributed by atoms with E-state index in [0.717, 1.165) is 41.3 Å². The Morgan fingerprint density at radius 3 is 2.35 bits per heavy atom. The lowest BCUT2D eigenvalue weighted by atomic mass is 10.0. The van der Waals surface area contributed by atoms with Crippen LogP contribution in [0.1, 0.15) is 37.7 Å². The van der Waals surface area contributed by atoms with Crippen LogP contribution in [0.25, 0.3) is 10.8 Å². The van der Waals surface area contributed by atoms with Gasteiger partial charge in [-0.1, -0.05) is 67.1 Å². The van der Waals surface area contributed by atoms with Gasteiger partial charge in [-0.25, -0.2) is 0 Å². The fourth-order valence-electron chi connectivity index (χ4n) is 3.59. The standard InChI is InChI=1S/C26H31N3O2/c27-18-8-2-5-13-25(30)29-24(17-14-20-9-3-1-4-10-20)26(31)28-23-16-15-21-11-6-7-12-22(21)19-23/h1,3-4,6-7,9-12,15-16,19,24H,2,5,8,13-14,17-18,27H2,(H,28,31)(H,29,30). The molecular formula is C26H31N3O2. The lowest BCUT2D eigenvalue weighted by Gasteiger charge is -2.19. The molecule has 3 aromatic carbocycles. The lowest BCUT2D eigenvalue weighted by molar-refractivity contribution is -0.126. The van der Waals surface area contributed by atoms with E-state index in [2.05, 4.69) is 10.6 Å². The number of nitrogens with two attached hydrogens (primary N) is 1. The molecule has 0 aromatic heterocycles. The summed E-state index contributed by atoms with van der Waals surface area (Å²) >= 11 is 0. The fourth-order valence-corrected chi connectivity index (χ4v) is 3.59. The van der Waals surface area contributed by atoms with Crippen molar-refractivity contribution in [2.45, 2.75) is 44.6 Å². The maximum Gasteiger partial charge on any atom is 0.246 e. The molecule has 162 valence electrons. The van der Waals surface area contributed by atoms with Gasteiger partial charge in [-0.15, -0.1) is 0 Å². The molecule has 0 saturated carbocycles. The van der Waals surface area contributed by atoms with Gasteiger partial charge in [0.2, 0.25) is 11.8 Å². The summed E-state index contributed by atoms with van der Waals surface area (Å²) in [5, 5.41) is 8.10. The lowest BCUT2D eigenvalue weighted by Crippen LogP contribution is -2.44. The molecule has 0 bridgehead atoms. The minimum atomic E-state index is -0.589. The first-order chi connectivity index (χ1) is 15.2. The minimum Gasteiger partial charge on any atom is -0.344 e. The molecule has 0 spiro atoms. The average Bonchev–Trinajstić information content (AvgIpc) is 2.80. The molecular weight excluding hydrogens is 386 g/mol. The van der Waals surface area contributed by atoms with Crippen molar-refractivity contribution < 1.29 is 9.59 Å². The number of hydrogen-bond acceptors (Lipinski definition) is 3. The van der Waals surface area contributed by atoms with Gasteiger partial charge in [-0.05, 0) is 60.7 Å². The van der Waals surface area contributed by atoms with Crippen molar-refractivity contribution in [1.82, 2.24) is 5.32 Å². The van der Waals surface area contributed by atoms with Gasteiger partial charge in [0, 0.05) is 12.1 Å². The van der Waals surface area contributed by atoms with Gasteiger partial charge < -0.3 is 16.4 Å². The summed E-state index contributed by atoms with van der Waals surface area (Å²) in [6, 6.07) is 23.3. The Morgan fingerprint density at radius 2 is 1.58 bits per heavy atom. The van der Waals surface area contributed by atoms with Gasteiger partial charge in [0.15, 0.2) is 0 Å². The second-order valence-electron chi connectivity index (χ2n) is 7.79. The number of amides is 2. The quantitative estimate of drug-likeness (QED) is 0.404. The summed E-state index contributed by atoms with van der Waals surface area (Å²) in [5.74, 6) is -0.287. The summed E-state index contributed by atoms with van der Waals surface area (Å²) in [4.78, 5) is 25.5. The van der Waals surface area contributed by atoms with Crippen LogP contribution in [0.15, 0.2) is 72.8 Å². The van der Waals surface area contributed by atoms with E-state index in [9.17, 15) is 9.59 Å². The zero-order valence-electron chi connectivity index (χ0n) is 17.8. The summed E-state index contributed by atoms with van der Waals surface area (Å²) in [5.41, 5.74) is 7.38. The molecule has 0 heterocycles. The van der Waals surface area contributed by atoms with E-state index < -0.39 is 6.04 Å². The molecule has 1 atom stereocenters. The predicted octanol–water partition coefficient (Wildman–Crippen LogP) is 4.42. The molecule has 0 aliphatic carbocycles. The SMILES string of the molecule is NCCCCCC(=O)NC(CCc1ccccc1)C(=O)Nc1ccc2ccccc2c1. The summed E-state index contributed by atoms with van der Waals surface area (Å²) in [7, 11) is 0. The number of fused-ring (bicyclic) bond motifs is 1. The summed E-state index contributed by atoms with van der Waals surface area (Å²) < 4.78 is 0. The van der Waals surface area contributed by atoms with Crippen LogP contribution in [-0.4, -0.2) is 24.4 Å². The number of hydrogen-bond donors (Lipinski definition) is 3. The molecule has 5 nitrogen and oxygen atoms in total. The fraction of sp³-hybridized carbons (Fsp3) is 0.308. The van der Waals surface area contributed by atoms with Gasteiger partial charge in [-0.2, -0.15) is 0 Å². The first-order valence-corrected chi connectivity index (χ1v) is 11.0. The van der Waals surface area contributed by atoms with E-state index >= 15 is 0 Å². The van der Waals surface area contributed by atoms with Crippen molar-refractivity contribution in [2.75, 3.05) is 11.9 Å². The average molecular weight is 418 g/mol. The Bertz CT molecular complexity index is 988. The van der Waals surface area contributed by atoms with Crippen LogP contribution in [0.5, 0.6) is 0 Å². The highest BCUT2D eigenvalue weighted by Crippen LogP contribution is 2.19. The van der Waals surface area contributed by atoms with E-state index in [4.69, 9.17) is 5.73 Å². The minimum absolute atomic E-state index is 0.0938. The van der Waals surface area contributed by atoms with Gasteiger partial charge in [0.05, 0.1) is 0 Å². The second-order valence-corrected chi connectivity index (χ2v) is 7.79. The Balaban J connectivity index is 1.65. The van der Waals surface area contributed by atoms with E-state index in [1.54, 1.807) is 0 Å². The third-order valence-corrected chi connectivity index (χ3v) is 5.34. The van der Waals surface area contributed by atoms with Gasteiger partial charge in [0.25, 0.3) is 0 Å². The first kappa shape index (κ1) is 22.5. The number of nitrogens with one attached hydrogen (secondary N) is 2. The van der Waals surface area contributed by atoms with Crippen molar-refractivity contribution in [2.24, 2.45) is 5.73 Å². The van der Waals surface area contributed by atoms with Crippen LogP contribution in [0.4, 0.5) is 5.69 Å². The molecule has 31 heavy (non-hydrogen) atoms. The zero-order valence-corrected chi connectivity index (χ0v) is 17.8. The smallest absolute Gasteiger partial charge is 0.246 e. The van der Waals surface area contributed by atoms with Crippen LogP contribution in [0.2, 0.25) is 0 Å². The highest BCUT2D eigenvalue weighted by atomic mass is 16.2. The molecule has 3 aromatic rings. The zero-order chi connectivity index (χ0) is 21.9. The van der Waals surface area contributed by atoms with Gasteiger partial charge in [-0.3, -0.25) is 9.59 Å². The third kappa shape index (κ3) is 7.23. The van der Waals surface area contributed by atoms with E-state index in [1.165, 1.54) is 0 Å². The maximum atomic E-state index is 13.0. The molecule has 1 unspecified atom stereocenters. The van der Waals surface area contributed by atoms with E-state index in [-0.39, 0.29) is 11.8 Å². The molecule has 0 fully saturated rings. The molecule has 3 rings (SSSR count). The topological polar surface area (TPSA) is 84.2 Å². The Hall–Kier alpha value is -3.18. The molecule has 0 saturated heterocycles. The van der Waals surface area contributed by atoms with Crippen molar-refractivity contribution in [3.05, 3.63) is 78.4 Å². The predicted molar refractivity (Wildman–Crippen MR) is 127 cm³/mol. The largest absolute Gasteiger partial charge is 0.344 e. The van der Waals surface area contributed by atoms with Crippen molar-refractivity contribution in [3.63, 3.8) is 0 Å². The van der Waals surface area contributed by atoms with Crippen LogP contribution in [0.3, 0.4) is 0 Å². The van der Waals surface area contributed by atoms with E-state index in [1.807, 2.05) is 72.8 Å². The first-order valence-electron chi connectivity index (χ1n) is 11.0. The summed E-state index contributed by atoms with van der Waals surface area (Å²) in [6.07, 6.45) is 4.27. The van der Waals surface area contributed by atoms with Crippen LogP contribution in [0, 0.1) is 0 Å². The van der Waals surface area contributed by atoms with Crippen LogP contribution >= 0.6 is 0 Å². The van der Waals surface area contributed by atoms with Crippen molar-refractivity contribution in [3.8, 4) is 0 Å². The molecule has 0 radical (unpaired) electrons. The number of benzene rings is 3. The highest BCUT2D eigenvalue weighted by Gasteiger charge is 2.21. The Labute approximate surface area is 184 Å². The normalized spacial score (nSPS) is 11.8. The maximum absolute atomic E-state index is 13.0. The highest BCUT2D eigenvalue weighted by molar-refractivity contribution is 5.99. The second kappa shape index (κ2) is 11.9. The molecule has 4 N–H and O–H groups in total. The molecule has 0 aliphatic heterocycles. The number of anilines is 1. The Morgan fingerprint density at radius 1 is 0.839 bits per heavy atom. The molecule has 0 aliphatic rings. The third-order valence-electron chi connectivity index (χ3n) is 5.34. The number of carbonyl (C=O) groups is 2. The van der Waals surface area contributed by atoms with Crippen molar-refractivity contribution >= 4 is 28.3 Å². The number of rotatable bonds is 11. The van der Waals surface area contributed by atoms with Gasteiger partial charge in [0.1, 0.15) is 6.04 Å². The van der Waals surface area contributed by atoms with Gasteiger partial charge >= 0.3 is 0 Å². The number of carbonyl (C=O) groups excluding carboxylic acids is 2. The van der Waals surface area contributed by atoms with Crippen molar-refractivity contribution in [1.29, 1.82) is 0 Å². The van der Waals surface area contributed by atoms with Crippen LogP contribution < -0.4 is 16.4 Å². The number of unbranched alkanes of at least 4 members (excludes halogenated alkanes) is 2. The monoisotopic (exact) mass is 417 g/mol. The summed E-state index contributed by atoms with van der Waals surface area (Å²) in [6.45, 7) is 0.634. The molecule has 2 amide bonds. The Kier molecular flexibility index (Phi) is 8.61. The van der Waals surface area contributed by atoms with E-state index in [0.29, 0.717) is 25.8 Å². The van der Waals surface area contributed by atoms with Crippen LogP contribution in [-0.2, 0) is 16.0 Å². The number of aryl methyl sites for hydroxylation is 1. The molecule has 5 heteroatoms.